The molecule has 0 radical (unpaired) electrons. The van der Waals surface area contributed by atoms with E-state index in [-0.39, 0.29) is 23.8 Å². The lowest BCUT2D eigenvalue weighted by Crippen LogP contribution is -2.29. The van der Waals surface area contributed by atoms with Crippen LogP contribution in [0.1, 0.15) is 23.7 Å². The predicted molar refractivity (Wildman–Crippen MR) is 79.2 cm³/mol. The average Bonchev–Trinajstić information content (AvgIpc) is 2.51. The molecule has 0 fully saturated rings. The number of amides is 1. The van der Waals surface area contributed by atoms with Crippen LogP contribution in [0, 0.1) is 0 Å². The summed E-state index contributed by atoms with van der Waals surface area (Å²) in [6.45, 7) is 2.11. The number of carbonyl (C=O) groups is 2. The van der Waals surface area contributed by atoms with Gasteiger partial charge in [-0.05, 0) is 17.9 Å². The van der Waals surface area contributed by atoms with E-state index in [1.165, 1.54) is 6.07 Å². The van der Waals surface area contributed by atoms with Crippen LogP contribution in [0.4, 0.5) is 0 Å². The van der Waals surface area contributed by atoms with E-state index in [2.05, 4.69) is 5.32 Å². The highest BCUT2D eigenvalue weighted by molar-refractivity contribution is 6.01. The normalized spacial score (nSPS) is 10.3. The van der Waals surface area contributed by atoms with Crippen molar-refractivity contribution >= 4 is 22.6 Å². The number of ether oxygens (including phenoxy) is 1. The van der Waals surface area contributed by atoms with Gasteiger partial charge in [0.25, 0.3) is 5.91 Å². The van der Waals surface area contributed by atoms with Crippen molar-refractivity contribution in [2.24, 2.45) is 0 Å². The molecule has 5 nitrogen and oxygen atoms in total. The lowest BCUT2D eigenvalue weighted by Gasteiger charge is -2.08. The minimum atomic E-state index is -0.718. The Kier molecular flexibility index (Phi) is 4.77. The van der Waals surface area contributed by atoms with E-state index in [1.54, 1.807) is 18.2 Å². The number of carbonyl (C=O) groups excluding carboxylic acids is 2. The molecule has 0 aromatic heterocycles. The quantitative estimate of drug-likeness (QED) is 0.827. The third-order valence-corrected chi connectivity index (χ3v) is 3.03. The second-order valence-electron chi connectivity index (χ2n) is 4.61. The van der Waals surface area contributed by atoms with Gasteiger partial charge < -0.3 is 15.2 Å². The number of fused-ring (bicyclic) bond motifs is 1. The second kappa shape index (κ2) is 6.74. The van der Waals surface area contributed by atoms with Gasteiger partial charge in [0.2, 0.25) is 0 Å². The Labute approximate surface area is 122 Å². The van der Waals surface area contributed by atoms with E-state index in [1.807, 2.05) is 19.1 Å². The number of rotatable bonds is 5. The maximum atomic E-state index is 11.9. The molecule has 0 spiro atoms. The van der Waals surface area contributed by atoms with Crippen molar-refractivity contribution in [2.75, 3.05) is 13.2 Å². The number of benzene rings is 2. The molecule has 0 aliphatic heterocycles. The van der Waals surface area contributed by atoms with Crippen LogP contribution < -0.4 is 5.32 Å². The SMILES string of the molecule is CCCNC(=O)COC(=O)c1ccc2ccccc2c1O. The van der Waals surface area contributed by atoms with Crippen LogP contribution in [-0.2, 0) is 9.53 Å². The topological polar surface area (TPSA) is 75.6 Å². The summed E-state index contributed by atoms with van der Waals surface area (Å²) < 4.78 is 4.91. The average molecular weight is 287 g/mol. The van der Waals surface area contributed by atoms with Crippen LogP contribution in [0.25, 0.3) is 10.8 Å². The summed E-state index contributed by atoms with van der Waals surface area (Å²) in [7, 11) is 0. The van der Waals surface area contributed by atoms with Crippen molar-refractivity contribution in [3.63, 3.8) is 0 Å². The Morgan fingerprint density at radius 2 is 1.95 bits per heavy atom. The Balaban J connectivity index is 2.09. The molecule has 0 heterocycles. The molecule has 1 amide bonds. The van der Waals surface area contributed by atoms with Crippen LogP contribution in [0.5, 0.6) is 5.75 Å². The lowest BCUT2D eigenvalue weighted by molar-refractivity contribution is -0.124. The fourth-order valence-electron chi connectivity index (χ4n) is 1.94. The minimum Gasteiger partial charge on any atom is -0.506 e. The van der Waals surface area contributed by atoms with Crippen LogP contribution in [-0.4, -0.2) is 30.1 Å². The van der Waals surface area contributed by atoms with Gasteiger partial charge in [0.15, 0.2) is 6.61 Å². The summed E-state index contributed by atoms with van der Waals surface area (Å²) in [6, 6.07) is 10.4. The zero-order valence-corrected chi connectivity index (χ0v) is 11.8. The van der Waals surface area contributed by atoms with Gasteiger partial charge in [-0.2, -0.15) is 0 Å². The zero-order chi connectivity index (χ0) is 15.2. The smallest absolute Gasteiger partial charge is 0.342 e. The monoisotopic (exact) mass is 287 g/mol. The molecule has 2 N–H and O–H groups in total. The van der Waals surface area contributed by atoms with E-state index in [0.717, 1.165) is 11.8 Å². The van der Waals surface area contributed by atoms with Gasteiger partial charge in [-0.15, -0.1) is 0 Å². The highest BCUT2D eigenvalue weighted by Crippen LogP contribution is 2.28. The van der Waals surface area contributed by atoms with Crippen LogP contribution in [0.3, 0.4) is 0 Å². The van der Waals surface area contributed by atoms with E-state index < -0.39 is 5.97 Å². The summed E-state index contributed by atoms with van der Waals surface area (Å²) >= 11 is 0. The van der Waals surface area contributed by atoms with E-state index in [9.17, 15) is 14.7 Å². The maximum absolute atomic E-state index is 11.9. The summed E-state index contributed by atoms with van der Waals surface area (Å²) in [6.07, 6.45) is 0.811. The third kappa shape index (κ3) is 3.51. The zero-order valence-electron chi connectivity index (χ0n) is 11.8. The Morgan fingerprint density at radius 1 is 1.19 bits per heavy atom. The molecule has 0 bridgehead atoms. The fourth-order valence-corrected chi connectivity index (χ4v) is 1.94. The molecule has 0 saturated heterocycles. The number of aromatic hydroxyl groups is 1. The molecule has 2 rings (SSSR count). The van der Waals surface area contributed by atoms with Gasteiger partial charge in [0, 0.05) is 11.9 Å². The first-order valence-electron chi connectivity index (χ1n) is 6.78. The Bertz CT molecular complexity index is 666. The summed E-state index contributed by atoms with van der Waals surface area (Å²) in [5, 5.41) is 14.1. The van der Waals surface area contributed by atoms with E-state index in [0.29, 0.717) is 11.9 Å². The number of esters is 1. The van der Waals surface area contributed by atoms with E-state index in [4.69, 9.17) is 4.74 Å². The number of hydrogen-bond acceptors (Lipinski definition) is 4. The van der Waals surface area contributed by atoms with Gasteiger partial charge in [0.1, 0.15) is 11.3 Å². The number of phenolic OH excluding ortho intramolecular Hbond substituents is 1. The van der Waals surface area contributed by atoms with Gasteiger partial charge in [-0.25, -0.2) is 4.79 Å². The summed E-state index contributed by atoms with van der Waals surface area (Å²) in [5.74, 6) is -1.21. The Morgan fingerprint density at radius 3 is 2.71 bits per heavy atom. The first kappa shape index (κ1) is 14.8. The number of hydrogen-bond donors (Lipinski definition) is 2. The maximum Gasteiger partial charge on any atom is 0.342 e. The van der Waals surface area contributed by atoms with Gasteiger partial charge in [0.05, 0.1) is 0 Å². The van der Waals surface area contributed by atoms with Crippen molar-refractivity contribution in [3.8, 4) is 5.75 Å². The van der Waals surface area contributed by atoms with Crippen molar-refractivity contribution < 1.29 is 19.4 Å². The molecule has 0 atom stereocenters. The summed E-state index contributed by atoms with van der Waals surface area (Å²) in [5.41, 5.74) is 0.0528. The van der Waals surface area contributed by atoms with Crippen LogP contribution >= 0.6 is 0 Å². The number of nitrogens with one attached hydrogen (secondary N) is 1. The minimum absolute atomic E-state index is 0.0528. The molecule has 0 unspecified atom stereocenters. The fraction of sp³-hybridized carbons (Fsp3) is 0.250. The summed E-state index contributed by atoms with van der Waals surface area (Å²) in [4.78, 5) is 23.3. The molecule has 0 aliphatic carbocycles. The molecular formula is C16H17NO4. The highest BCUT2D eigenvalue weighted by Gasteiger charge is 2.16. The van der Waals surface area contributed by atoms with Crippen molar-refractivity contribution in [2.45, 2.75) is 13.3 Å². The number of phenols is 1. The van der Waals surface area contributed by atoms with Crippen molar-refractivity contribution in [3.05, 3.63) is 42.0 Å². The first-order valence-corrected chi connectivity index (χ1v) is 6.78. The van der Waals surface area contributed by atoms with Gasteiger partial charge in [-0.3, -0.25) is 4.79 Å². The third-order valence-electron chi connectivity index (χ3n) is 3.03. The first-order chi connectivity index (χ1) is 10.1. The van der Waals surface area contributed by atoms with Gasteiger partial charge in [-0.1, -0.05) is 37.3 Å². The largest absolute Gasteiger partial charge is 0.506 e. The molecule has 21 heavy (non-hydrogen) atoms. The molecule has 2 aromatic rings. The van der Waals surface area contributed by atoms with Crippen LogP contribution in [0.2, 0.25) is 0 Å². The predicted octanol–water partition coefficient (Wildman–Crippen LogP) is 2.23. The molecule has 110 valence electrons. The molecule has 0 saturated carbocycles. The second-order valence-corrected chi connectivity index (χ2v) is 4.61. The van der Waals surface area contributed by atoms with Crippen LogP contribution in [0.15, 0.2) is 36.4 Å². The lowest BCUT2D eigenvalue weighted by atomic mass is 10.1. The molecule has 2 aromatic carbocycles. The highest BCUT2D eigenvalue weighted by atomic mass is 16.5. The van der Waals surface area contributed by atoms with Crippen molar-refractivity contribution in [1.29, 1.82) is 0 Å². The van der Waals surface area contributed by atoms with Gasteiger partial charge >= 0.3 is 5.97 Å². The standard InChI is InChI=1S/C16H17NO4/c1-2-9-17-14(18)10-21-16(20)13-8-7-11-5-3-4-6-12(11)15(13)19/h3-8,19H,2,9-10H2,1H3,(H,17,18). The van der Waals surface area contributed by atoms with Crippen molar-refractivity contribution in [1.82, 2.24) is 5.32 Å². The molecule has 0 aliphatic rings. The van der Waals surface area contributed by atoms with E-state index >= 15 is 0 Å². The molecule has 5 heteroatoms. The molecular weight excluding hydrogens is 270 g/mol. The Hall–Kier alpha value is -2.56.